The second kappa shape index (κ2) is 12.2. The fourth-order valence-corrected chi connectivity index (χ4v) is 4.71. The standard InChI is InChI=1S/C29H24N2O3S2/c1-20-9-11-21(12-10-20)27(32)19-36-24-15-13-23(14-16-24)30-29(34)26(18-25-8-5-17-35-25)31-28(33)22-6-3-2-4-7-22/h2-18H,19H2,1H3,(H,30,34)(H,31,33)/b26-18-. The van der Waals surface area contributed by atoms with Crippen molar-refractivity contribution >= 4 is 52.5 Å². The van der Waals surface area contributed by atoms with Gasteiger partial charge in [-0.3, -0.25) is 14.4 Å². The van der Waals surface area contributed by atoms with Crippen molar-refractivity contribution in [3.05, 3.63) is 124 Å². The molecule has 2 amide bonds. The van der Waals surface area contributed by atoms with Gasteiger partial charge < -0.3 is 10.6 Å². The average molecular weight is 513 g/mol. The number of carbonyl (C=O) groups excluding carboxylic acids is 3. The second-order valence-electron chi connectivity index (χ2n) is 7.95. The third kappa shape index (κ3) is 7.04. The number of Topliss-reactive ketones (excluding diaryl/α,β-unsaturated/α-hetero) is 1. The summed E-state index contributed by atoms with van der Waals surface area (Å²) in [6.45, 7) is 1.99. The van der Waals surface area contributed by atoms with Crippen molar-refractivity contribution < 1.29 is 14.4 Å². The van der Waals surface area contributed by atoms with Crippen LogP contribution in [0.2, 0.25) is 0 Å². The Bertz CT molecular complexity index is 1360. The summed E-state index contributed by atoms with van der Waals surface area (Å²) in [6.07, 6.45) is 1.65. The van der Waals surface area contributed by atoms with Crippen molar-refractivity contribution in [1.82, 2.24) is 5.32 Å². The molecule has 0 radical (unpaired) electrons. The number of hydrogen-bond acceptors (Lipinski definition) is 5. The van der Waals surface area contributed by atoms with Gasteiger partial charge in [-0.1, -0.05) is 54.1 Å². The van der Waals surface area contributed by atoms with E-state index in [1.54, 1.807) is 42.5 Å². The van der Waals surface area contributed by atoms with Gasteiger partial charge in [0.15, 0.2) is 5.78 Å². The van der Waals surface area contributed by atoms with Gasteiger partial charge in [-0.25, -0.2) is 0 Å². The number of rotatable bonds is 9. The largest absolute Gasteiger partial charge is 0.321 e. The lowest BCUT2D eigenvalue weighted by Crippen LogP contribution is -2.30. The molecule has 0 aliphatic rings. The summed E-state index contributed by atoms with van der Waals surface area (Å²) in [4.78, 5) is 39.9. The molecule has 4 aromatic rings. The molecule has 0 atom stereocenters. The first kappa shape index (κ1) is 25.2. The number of thiophene rings is 1. The van der Waals surface area contributed by atoms with E-state index in [1.807, 2.05) is 66.9 Å². The van der Waals surface area contributed by atoms with Crippen LogP contribution in [0, 0.1) is 6.92 Å². The SMILES string of the molecule is Cc1ccc(C(=O)CSc2ccc(NC(=O)/C(=C/c3cccs3)NC(=O)c3ccccc3)cc2)cc1. The molecular formula is C29H24N2O3S2. The minimum Gasteiger partial charge on any atom is -0.321 e. The first-order valence-corrected chi connectivity index (χ1v) is 13.1. The van der Waals surface area contributed by atoms with Crippen LogP contribution in [0.25, 0.3) is 6.08 Å². The fourth-order valence-electron chi connectivity index (χ4n) is 3.26. The number of carbonyl (C=O) groups is 3. The Kier molecular flexibility index (Phi) is 8.49. The molecule has 1 aromatic heterocycles. The molecule has 0 fully saturated rings. The van der Waals surface area contributed by atoms with Gasteiger partial charge in [0.2, 0.25) is 0 Å². The first-order valence-electron chi connectivity index (χ1n) is 11.2. The van der Waals surface area contributed by atoms with Crippen LogP contribution >= 0.6 is 23.1 Å². The minimum atomic E-state index is -0.428. The smallest absolute Gasteiger partial charge is 0.272 e. The van der Waals surface area contributed by atoms with Gasteiger partial charge in [0.05, 0.1) is 5.75 Å². The van der Waals surface area contributed by atoms with Crippen molar-refractivity contribution in [3.63, 3.8) is 0 Å². The Morgan fingerprint density at radius 3 is 2.22 bits per heavy atom. The molecule has 0 bridgehead atoms. The summed E-state index contributed by atoms with van der Waals surface area (Å²) >= 11 is 2.91. The molecule has 36 heavy (non-hydrogen) atoms. The lowest BCUT2D eigenvalue weighted by molar-refractivity contribution is -0.113. The normalized spacial score (nSPS) is 11.1. The van der Waals surface area contributed by atoms with Gasteiger partial charge in [0.1, 0.15) is 5.70 Å². The molecule has 4 rings (SSSR count). The molecule has 0 aliphatic heterocycles. The van der Waals surface area contributed by atoms with Gasteiger partial charge in [0, 0.05) is 26.6 Å². The van der Waals surface area contributed by atoms with Crippen LogP contribution in [-0.2, 0) is 4.79 Å². The highest BCUT2D eigenvalue weighted by atomic mass is 32.2. The maximum atomic E-state index is 13.0. The quantitative estimate of drug-likeness (QED) is 0.154. The highest BCUT2D eigenvalue weighted by molar-refractivity contribution is 8.00. The lowest BCUT2D eigenvalue weighted by Gasteiger charge is -2.11. The van der Waals surface area contributed by atoms with Gasteiger partial charge in [-0.05, 0) is 60.8 Å². The Balaban J connectivity index is 1.40. The van der Waals surface area contributed by atoms with E-state index in [-0.39, 0.29) is 17.4 Å². The van der Waals surface area contributed by atoms with E-state index in [0.717, 1.165) is 15.3 Å². The Hall–Kier alpha value is -3.94. The van der Waals surface area contributed by atoms with Gasteiger partial charge >= 0.3 is 0 Å². The highest BCUT2D eigenvalue weighted by Gasteiger charge is 2.15. The third-order valence-electron chi connectivity index (χ3n) is 5.21. The van der Waals surface area contributed by atoms with Crippen molar-refractivity contribution in [2.75, 3.05) is 11.1 Å². The molecule has 0 aliphatic carbocycles. The lowest BCUT2D eigenvalue weighted by atomic mass is 10.1. The van der Waals surface area contributed by atoms with E-state index in [1.165, 1.54) is 23.1 Å². The monoisotopic (exact) mass is 512 g/mol. The van der Waals surface area contributed by atoms with E-state index < -0.39 is 5.91 Å². The van der Waals surface area contributed by atoms with E-state index >= 15 is 0 Å². The first-order chi connectivity index (χ1) is 17.5. The predicted octanol–water partition coefficient (Wildman–Crippen LogP) is 6.44. The van der Waals surface area contributed by atoms with Crippen molar-refractivity contribution in [2.24, 2.45) is 0 Å². The molecule has 0 saturated heterocycles. The van der Waals surface area contributed by atoms with Gasteiger partial charge in [-0.15, -0.1) is 23.1 Å². The number of benzene rings is 3. The summed E-state index contributed by atoms with van der Waals surface area (Å²) in [7, 11) is 0. The van der Waals surface area contributed by atoms with Crippen molar-refractivity contribution in [2.45, 2.75) is 11.8 Å². The molecule has 0 unspecified atom stereocenters. The predicted molar refractivity (Wildman–Crippen MR) is 148 cm³/mol. The Labute approximate surface area is 218 Å². The summed E-state index contributed by atoms with van der Waals surface area (Å²) in [5, 5.41) is 7.47. The third-order valence-corrected chi connectivity index (χ3v) is 7.05. The molecular weight excluding hydrogens is 488 g/mol. The molecule has 7 heteroatoms. The summed E-state index contributed by atoms with van der Waals surface area (Å²) in [5.74, 6) is -0.398. The van der Waals surface area contributed by atoms with Crippen LogP contribution in [0.4, 0.5) is 5.69 Å². The van der Waals surface area contributed by atoms with Crippen molar-refractivity contribution in [1.29, 1.82) is 0 Å². The summed E-state index contributed by atoms with van der Waals surface area (Å²) in [6, 6.07) is 27.3. The fraction of sp³-hybridized carbons (Fsp3) is 0.0690. The number of aryl methyl sites for hydroxylation is 1. The van der Waals surface area contributed by atoms with Crippen LogP contribution < -0.4 is 10.6 Å². The zero-order chi connectivity index (χ0) is 25.3. The molecule has 5 nitrogen and oxygen atoms in total. The van der Waals surface area contributed by atoms with Crippen LogP contribution in [0.15, 0.2) is 107 Å². The van der Waals surface area contributed by atoms with E-state index in [9.17, 15) is 14.4 Å². The Morgan fingerprint density at radius 1 is 0.833 bits per heavy atom. The van der Waals surface area contributed by atoms with Gasteiger partial charge in [-0.2, -0.15) is 0 Å². The number of ketones is 1. The van der Waals surface area contributed by atoms with Gasteiger partial charge in [0.25, 0.3) is 11.8 Å². The maximum Gasteiger partial charge on any atom is 0.272 e. The molecule has 0 saturated carbocycles. The zero-order valence-corrected chi connectivity index (χ0v) is 21.2. The molecule has 180 valence electrons. The van der Waals surface area contributed by atoms with Crippen LogP contribution in [0.5, 0.6) is 0 Å². The number of anilines is 1. The number of amides is 2. The number of hydrogen-bond donors (Lipinski definition) is 2. The zero-order valence-electron chi connectivity index (χ0n) is 19.6. The summed E-state index contributed by atoms with van der Waals surface area (Å²) < 4.78 is 0. The molecule has 1 heterocycles. The number of thioether (sulfide) groups is 1. The highest BCUT2D eigenvalue weighted by Crippen LogP contribution is 2.22. The molecule has 0 spiro atoms. The topological polar surface area (TPSA) is 75.3 Å². The van der Waals surface area contributed by atoms with Crippen LogP contribution in [0.3, 0.4) is 0 Å². The van der Waals surface area contributed by atoms with Crippen LogP contribution in [0.1, 0.15) is 31.2 Å². The molecule has 2 N–H and O–H groups in total. The van der Waals surface area contributed by atoms with Crippen molar-refractivity contribution in [3.8, 4) is 0 Å². The van der Waals surface area contributed by atoms with Crippen LogP contribution in [-0.4, -0.2) is 23.4 Å². The average Bonchev–Trinajstić information content (AvgIpc) is 3.42. The Morgan fingerprint density at radius 2 is 1.56 bits per heavy atom. The van der Waals surface area contributed by atoms with E-state index in [2.05, 4.69) is 10.6 Å². The molecule has 3 aromatic carbocycles. The summed E-state index contributed by atoms with van der Waals surface area (Å²) in [5.41, 5.74) is 3.00. The number of nitrogens with one attached hydrogen (secondary N) is 2. The minimum absolute atomic E-state index is 0.0647. The van der Waals surface area contributed by atoms with E-state index in [4.69, 9.17) is 0 Å². The second-order valence-corrected chi connectivity index (χ2v) is 9.98. The maximum absolute atomic E-state index is 13.0. The van der Waals surface area contributed by atoms with E-state index in [0.29, 0.717) is 22.6 Å².